The number of thioether (sulfide) groups is 1. The van der Waals surface area contributed by atoms with E-state index in [4.69, 9.17) is 14.2 Å². The second-order valence-corrected chi connectivity index (χ2v) is 10.9. The number of allylic oxidation sites excluding steroid dienone is 3. The smallest absolute Gasteiger partial charge is 0.336 e. The standard InChI is InChI=1S/C27H37NO5S/c1-7-11-32-21-10-9-18(14-22(21)31-6)24-23(26(30)33-12-13-34-8-2)17(3)28-19-15-27(4,5)16-20(29)25(19)24/h9-10,14,24,28H,7-8,11-13,15-16H2,1-6H3/t24-/m1/s1. The second-order valence-electron chi connectivity index (χ2n) is 9.52. The van der Waals surface area contributed by atoms with Gasteiger partial charge < -0.3 is 19.5 Å². The molecule has 1 aromatic carbocycles. The highest BCUT2D eigenvalue weighted by Gasteiger charge is 2.43. The Labute approximate surface area is 207 Å². The van der Waals surface area contributed by atoms with Gasteiger partial charge >= 0.3 is 5.97 Å². The number of ether oxygens (including phenoxy) is 3. The number of benzene rings is 1. The van der Waals surface area contributed by atoms with Gasteiger partial charge in [0.25, 0.3) is 0 Å². The van der Waals surface area contributed by atoms with Crippen LogP contribution in [0.1, 0.15) is 65.4 Å². The largest absolute Gasteiger partial charge is 0.493 e. The summed E-state index contributed by atoms with van der Waals surface area (Å²) in [6, 6.07) is 5.67. The molecule has 0 amide bonds. The molecule has 2 aliphatic rings. The Morgan fingerprint density at radius 1 is 1.18 bits per heavy atom. The number of esters is 1. The van der Waals surface area contributed by atoms with Crippen molar-refractivity contribution in [1.29, 1.82) is 0 Å². The minimum absolute atomic E-state index is 0.0633. The van der Waals surface area contributed by atoms with Crippen LogP contribution >= 0.6 is 11.8 Å². The fourth-order valence-corrected chi connectivity index (χ4v) is 5.14. The Kier molecular flexibility index (Phi) is 8.74. The number of carbonyl (C=O) groups is 2. The molecule has 1 N–H and O–H groups in total. The van der Waals surface area contributed by atoms with Crippen molar-refractivity contribution >= 4 is 23.5 Å². The number of ketones is 1. The Morgan fingerprint density at radius 3 is 2.62 bits per heavy atom. The van der Waals surface area contributed by atoms with E-state index in [2.05, 4.69) is 26.1 Å². The van der Waals surface area contributed by atoms with E-state index in [-0.39, 0.29) is 17.2 Å². The summed E-state index contributed by atoms with van der Waals surface area (Å²) in [6.45, 7) is 11.1. The number of hydrogen-bond acceptors (Lipinski definition) is 7. The van der Waals surface area contributed by atoms with Crippen LogP contribution < -0.4 is 14.8 Å². The van der Waals surface area contributed by atoms with Crippen LogP contribution in [0.5, 0.6) is 11.5 Å². The fourth-order valence-electron chi connectivity index (χ4n) is 4.65. The lowest BCUT2D eigenvalue weighted by molar-refractivity contribution is -0.138. The van der Waals surface area contributed by atoms with Crippen LogP contribution in [-0.4, -0.2) is 43.6 Å². The Balaban J connectivity index is 2.06. The zero-order valence-electron chi connectivity index (χ0n) is 21.2. The molecule has 0 saturated heterocycles. The first-order valence-electron chi connectivity index (χ1n) is 12.0. The van der Waals surface area contributed by atoms with E-state index in [0.29, 0.717) is 42.3 Å². The zero-order chi connectivity index (χ0) is 24.9. The number of nitrogens with one attached hydrogen (secondary N) is 1. The number of carbonyl (C=O) groups excluding carboxylic acids is 2. The lowest BCUT2D eigenvalue weighted by Crippen LogP contribution is -2.38. The van der Waals surface area contributed by atoms with Crippen molar-refractivity contribution in [2.24, 2.45) is 5.41 Å². The number of rotatable bonds is 10. The first kappa shape index (κ1) is 26.2. The lowest BCUT2D eigenvalue weighted by atomic mass is 9.68. The molecule has 6 nitrogen and oxygen atoms in total. The molecular formula is C27H37NO5S. The minimum Gasteiger partial charge on any atom is -0.493 e. The van der Waals surface area contributed by atoms with Gasteiger partial charge in [-0.1, -0.05) is 33.8 Å². The van der Waals surface area contributed by atoms with Crippen LogP contribution in [0, 0.1) is 5.41 Å². The van der Waals surface area contributed by atoms with E-state index >= 15 is 0 Å². The predicted molar refractivity (Wildman–Crippen MR) is 136 cm³/mol. The van der Waals surface area contributed by atoms with Gasteiger partial charge in [-0.05, 0) is 48.6 Å². The second kappa shape index (κ2) is 11.3. The molecule has 1 aliphatic carbocycles. The van der Waals surface area contributed by atoms with E-state index in [1.807, 2.05) is 32.0 Å². The highest BCUT2D eigenvalue weighted by molar-refractivity contribution is 7.99. The molecule has 1 atom stereocenters. The first-order valence-corrected chi connectivity index (χ1v) is 13.2. The Hall–Kier alpha value is -2.41. The molecule has 0 spiro atoms. The maximum atomic E-state index is 13.4. The van der Waals surface area contributed by atoms with Crippen molar-refractivity contribution in [3.8, 4) is 11.5 Å². The third kappa shape index (κ3) is 5.80. The van der Waals surface area contributed by atoms with Gasteiger partial charge in [-0.3, -0.25) is 4.79 Å². The number of dihydropyridines is 1. The summed E-state index contributed by atoms with van der Waals surface area (Å²) in [6.07, 6.45) is 2.06. The van der Waals surface area contributed by atoms with Crippen molar-refractivity contribution in [2.45, 2.75) is 59.8 Å². The van der Waals surface area contributed by atoms with Crippen molar-refractivity contribution in [1.82, 2.24) is 5.32 Å². The quantitative estimate of drug-likeness (QED) is 0.351. The van der Waals surface area contributed by atoms with Crippen LogP contribution in [-0.2, 0) is 14.3 Å². The summed E-state index contributed by atoms with van der Waals surface area (Å²) in [5.74, 6) is 2.10. The van der Waals surface area contributed by atoms with Crippen molar-refractivity contribution in [2.75, 3.05) is 31.8 Å². The SMILES string of the molecule is CCCOc1ccc([C@@H]2C(C(=O)OCCSCC)=C(C)NC3=C2C(=O)CC(C)(C)C3)cc1OC. The molecular weight excluding hydrogens is 450 g/mol. The van der Waals surface area contributed by atoms with Crippen molar-refractivity contribution in [3.63, 3.8) is 0 Å². The predicted octanol–water partition coefficient (Wildman–Crippen LogP) is 5.38. The summed E-state index contributed by atoms with van der Waals surface area (Å²) in [5, 5.41) is 3.38. The average Bonchev–Trinajstić information content (AvgIpc) is 2.78. The summed E-state index contributed by atoms with van der Waals surface area (Å²) in [7, 11) is 1.60. The molecule has 1 heterocycles. The third-order valence-corrected chi connectivity index (χ3v) is 6.97. The van der Waals surface area contributed by atoms with E-state index in [0.717, 1.165) is 41.3 Å². The number of Topliss-reactive ketones (excluding diaryl/α,β-unsaturated/α-hetero) is 1. The Bertz CT molecular complexity index is 995. The van der Waals surface area contributed by atoms with Crippen LogP contribution in [0.2, 0.25) is 0 Å². The summed E-state index contributed by atoms with van der Waals surface area (Å²) >= 11 is 1.72. The molecule has 186 valence electrons. The van der Waals surface area contributed by atoms with E-state index in [1.54, 1.807) is 18.9 Å². The molecule has 0 radical (unpaired) electrons. The van der Waals surface area contributed by atoms with Crippen molar-refractivity contribution in [3.05, 3.63) is 46.3 Å². The maximum absolute atomic E-state index is 13.4. The molecule has 0 aromatic heterocycles. The molecule has 3 rings (SSSR count). The third-order valence-electron chi connectivity index (χ3n) is 6.11. The molecule has 34 heavy (non-hydrogen) atoms. The highest BCUT2D eigenvalue weighted by Crippen LogP contribution is 2.47. The maximum Gasteiger partial charge on any atom is 0.336 e. The number of hydrogen-bond donors (Lipinski definition) is 1. The van der Waals surface area contributed by atoms with Gasteiger partial charge in [0.05, 0.1) is 19.3 Å². The first-order chi connectivity index (χ1) is 16.2. The summed E-state index contributed by atoms with van der Waals surface area (Å²) in [4.78, 5) is 26.7. The van der Waals surface area contributed by atoms with E-state index in [1.165, 1.54) is 0 Å². The molecule has 7 heteroatoms. The summed E-state index contributed by atoms with van der Waals surface area (Å²) < 4.78 is 17.1. The van der Waals surface area contributed by atoms with Gasteiger partial charge in [-0.25, -0.2) is 4.79 Å². The van der Waals surface area contributed by atoms with Gasteiger partial charge in [0.2, 0.25) is 0 Å². The average molecular weight is 488 g/mol. The van der Waals surface area contributed by atoms with Crippen molar-refractivity contribution < 1.29 is 23.8 Å². The van der Waals surface area contributed by atoms with Gasteiger partial charge in [0.1, 0.15) is 6.61 Å². The van der Waals surface area contributed by atoms with Gasteiger partial charge in [0.15, 0.2) is 17.3 Å². The zero-order valence-corrected chi connectivity index (χ0v) is 22.0. The molecule has 1 aliphatic heterocycles. The minimum atomic E-state index is -0.514. The topological polar surface area (TPSA) is 73.9 Å². The van der Waals surface area contributed by atoms with Crippen LogP contribution in [0.3, 0.4) is 0 Å². The molecule has 0 unspecified atom stereocenters. The van der Waals surface area contributed by atoms with E-state index in [9.17, 15) is 9.59 Å². The molecule has 1 aromatic rings. The monoisotopic (exact) mass is 487 g/mol. The fraction of sp³-hybridized carbons (Fsp3) is 0.556. The Morgan fingerprint density at radius 2 is 1.94 bits per heavy atom. The van der Waals surface area contributed by atoms with Crippen LogP contribution in [0.15, 0.2) is 40.7 Å². The number of methoxy groups -OCH3 is 1. The van der Waals surface area contributed by atoms with Crippen LogP contribution in [0.25, 0.3) is 0 Å². The van der Waals surface area contributed by atoms with Crippen LogP contribution in [0.4, 0.5) is 0 Å². The lowest BCUT2D eigenvalue weighted by Gasteiger charge is -2.39. The normalized spacial score (nSPS) is 19.5. The van der Waals surface area contributed by atoms with Gasteiger partial charge in [-0.2, -0.15) is 11.8 Å². The summed E-state index contributed by atoms with van der Waals surface area (Å²) in [5.41, 5.74) is 3.44. The molecule has 0 bridgehead atoms. The van der Waals surface area contributed by atoms with Gasteiger partial charge in [0, 0.05) is 35.1 Å². The van der Waals surface area contributed by atoms with Gasteiger partial charge in [-0.15, -0.1) is 0 Å². The molecule has 0 saturated carbocycles. The molecule has 0 fully saturated rings. The highest BCUT2D eigenvalue weighted by atomic mass is 32.2. The van der Waals surface area contributed by atoms with E-state index < -0.39 is 5.92 Å².